The smallest absolute Gasteiger partial charge is 0.410 e. The summed E-state index contributed by atoms with van der Waals surface area (Å²) in [7, 11) is 0. The largest absolute Gasteiger partial charge is 0.444 e. The Balaban J connectivity index is 1.34. The average molecular weight is 772 g/mol. The topological polar surface area (TPSA) is 89.4 Å². The fourth-order valence-electron chi connectivity index (χ4n) is 8.15. The Morgan fingerprint density at radius 2 is 1.66 bits per heavy atom. The molecule has 58 heavy (non-hydrogen) atoms. The molecule has 0 radical (unpaired) electrons. The van der Waals surface area contributed by atoms with Crippen LogP contribution in [0.15, 0.2) is 164 Å². The van der Waals surface area contributed by atoms with Gasteiger partial charge in [0.05, 0.1) is 5.52 Å². The molecular formula is C50H53N5O3. The lowest BCUT2D eigenvalue weighted by molar-refractivity contribution is 0.0164. The molecule has 8 heteroatoms. The normalized spacial score (nSPS) is 19.6. The molecule has 3 heterocycles. The maximum atomic E-state index is 14.4. The van der Waals surface area contributed by atoms with E-state index in [-0.39, 0.29) is 24.0 Å². The summed E-state index contributed by atoms with van der Waals surface area (Å²) >= 11 is 0. The number of hydrogen-bond acceptors (Lipinski definition) is 5. The van der Waals surface area contributed by atoms with Gasteiger partial charge >= 0.3 is 6.09 Å². The summed E-state index contributed by atoms with van der Waals surface area (Å²) in [6.07, 6.45) is 19.6. The van der Waals surface area contributed by atoms with E-state index in [2.05, 4.69) is 82.6 Å². The lowest BCUT2D eigenvalue weighted by atomic mass is 9.74. The van der Waals surface area contributed by atoms with Gasteiger partial charge in [-0.05, 0) is 99.1 Å². The number of nitrogens with zero attached hydrogens (tertiary/aromatic N) is 4. The fraction of sp³-hybridized carbons (Fsp3) is 0.280. The van der Waals surface area contributed by atoms with Gasteiger partial charge in [-0.15, -0.1) is 0 Å². The van der Waals surface area contributed by atoms with E-state index >= 15 is 0 Å². The molecule has 8 nitrogen and oxygen atoms in total. The van der Waals surface area contributed by atoms with Crippen LogP contribution in [0.2, 0.25) is 0 Å². The summed E-state index contributed by atoms with van der Waals surface area (Å²) < 4.78 is 7.89. The van der Waals surface area contributed by atoms with Gasteiger partial charge < -0.3 is 15.0 Å². The molecule has 1 aliphatic carbocycles. The van der Waals surface area contributed by atoms with Crippen molar-refractivity contribution in [2.45, 2.75) is 70.6 Å². The van der Waals surface area contributed by atoms with Crippen molar-refractivity contribution < 1.29 is 14.3 Å². The Bertz CT molecular complexity index is 2390. The zero-order valence-corrected chi connectivity index (χ0v) is 34.1. The van der Waals surface area contributed by atoms with Crippen molar-refractivity contribution in [1.29, 1.82) is 0 Å². The molecular weight excluding hydrogens is 719 g/mol. The minimum absolute atomic E-state index is 0.0268. The Morgan fingerprint density at radius 3 is 2.33 bits per heavy atom. The maximum absolute atomic E-state index is 14.4. The molecule has 0 bridgehead atoms. The van der Waals surface area contributed by atoms with Gasteiger partial charge in [0.1, 0.15) is 16.8 Å². The van der Waals surface area contributed by atoms with E-state index in [1.807, 2.05) is 101 Å². The van der Waals surface area contributed by atoms with Crippen molar-refractivity contribution in [2.24, 2.45) is 5.92 Å². The molecule has 0 saturated carbocycles. The number of pyridine rings is 1. The number of nitrogens with one attached hydrogen (secondary N) is 1. The lowest BCUT2D eigenvalue weighted by Crippen LogP contribution is -2.53. The number of fused-ring (bicyclic) bond motifs is 1. The van der Waals surface area contributed by atoms with Gasteiger partial charge in [0.25, 0.3) is 5.91 Å². The standard InChI is InChI=1S/C50H53N5O3/c1-7-8-11-16-36(3)50(41-19-14-10-15-20-41,42-24-21-35(2)22-25-42)55-45-26-23-39(32-44(45)46(53-55)38-27-29-51-30-28-38)47(56)52-43-31-40(37-17-12-9-13-18-37)33-54(34-43)48(57)58-49(4,5)6/h7-21,23-30,32,35,40,43H,3,22,31,33-34H2,1-2,4-6H3,(H,52,56)/b8-7-,16-11-/t35?,40-,43+,50?/m0/s1. The number of amides is 2. The summed E-state index contributed by atoms with van der Waals surface area (Å²) in [4.78, 5) is 33.8. The number of likely N-dealkylation sites (tertiary alicyclic amines) is 1. The molecule has 0 spiro atoms. The molecule has 5 aromatic rings. The number of hydrogen-bond donors (Lipinski definition) is 1. The summed E-state index contributed by atoms with van der Waals surface area (Å²) in [6.45, 7) is 15.4. The van der Waals surface area contributed by atoms with Crippen LogP contribution in [0.25, 0.3) is 22.2 Å². The Hall–Kier alpha value is -6.28. The molecule has 3 aromatic carbocycles. The number of benzene rings is 3. The van der Waals surface area contributed by atoms with Crippen LogP contribution in [0.5, 0.6) is 0 Å². The first kappa shape index (κ1) is 39.9. The van der Waals surface area contributed by atoms with Crippen LogP contribution in [0.1, 0.15) is 74.9 Å². The maximum Gasteiger partial charge on any atom is 0.410 e. The van der Waals surface area contributed by atoms with E-state index in [0.29, 0.717) is 31.0 Å². The van der Waals surface area contributed by atoms with E-state index in [1.165, 1.54) is 0 Å². The highest BCUT2D eigenvalue weighted by Gasteiger charge is 2.42. The third-order valence-electron chi connectivity index (χ3n) is 10.9. The molecule has 2 amide bonds. The second kappa shape index (κ2) is 17.1. The van der Waals surface area contributed by atoms with Gasteiger partial charge in [-0.25, -0.2) is 9.48 Å². The van der Waals surface area contributed by atoms with Crippen molar-refractivity contribution in [3.8, 4) is 11.3 Å². The van der Waals surface area contributed by atoms with Crippen molar-refractivity contribution in [3.05, 3.63) is 180 Å². The van der Waals surface area contributed by atoms with Gasteiger partial charge in [0.15, 0.2) is 0 Å². The highest BCUT2D eigenvalue weighted by atomic mass is 16.6. The zero-order valence-electron chi connectivity index (χ0n) is 34.1. The van der Waals surface area contributed by atoms with Crippen molar-refractivity contribution in [2.75, 3.05) is 13.1 Å². The molecule has 1 saturated heterocycles. The molecule has 296 valence electrons. The van der Waals surface area contributed by atoms with Gasteiger partial charge in [0.2, 0.25) is 0 Å². The van der Waals surface area contributed by atoms with Crippen LogP contribution in [0.4, 0.5) is 4.79 Å². The Morgan fingerprint density at radius 1 is 0.931 bits per heavy atom. The second-order valence-electron chi connectivity index (χ2n) is 16.3. The Kier molecular flexibility index (Phi) is 11.7. The first-order chi connectivity index (χ1) is 28.0. The van der Waals surface area contributed by atoms with Crippen LogP contribution in [-0.2, 0) is 10.3 Å². The molecule has 1 N–H and O–H groups in total. The summed E-state index contributed by atoms with van der Waals surface area (Å²) in [5.74, 6) is 0.201. The number of allylic oxidation sites excluding steroid dienone is 9. The van der Waals surface area contributed by atoms with E-state index in [4.69, 9.17) is 16.4 Å². The van der Waals surface area contributed by atoms with E-state index in [9.17, 15) is 9.59 Å². The van der Waals surface area contributed by atoms with E-state index in [1.54, 1.807) is 17.3 Å². The number of ether oxygens (including phenoxy) is 1. The van der Waals surface area contributed by atoms with Gasteiger partial charge in [-0.1, -0.05) is 117 Å². The zero-order chi connectivity index (χ0) is 40.9. The van der Waals surface area contributed by atoms with Crippen molar-refractivity contribution >= 4 is 22.9 Å². The van der Waals surface area contributed by atoms with Crippen LogP contribution in [0.3, 0.4) is 0 Å². The third kappa shape index (κ3) is 8.37. The summed E-state index contributed by atoms with van der Waals surface area (Å²) in [6, 6.07) is 30.0. The quantitative estimate of drug-likeness (QED) is 0.143. The monoisotopic (exact) mass is 771 g/mol. The second-order valence-corrected chi connectivity index (χ2v) is 16.3. The number of carbonyl (C=O) groups is 2. The van der Waals surface area contributed by atoms with E-state index < -0.39 is 11.1 Å². The molecule has 7 rings (SSSR count). The molecule has 2 aliphatic rings. The van der Waals surface area contributed by atoms with E-state index in [0.717, 1.165) is 50.9 Å². The van der Waals surface area contributed by atoms with Gasteiger partial charge in [-0.3, -0.25) is 9.78 Å². The highest BCUT2D eigenvalue weighted by Crippen LogP contribution is 2.46. The molecule has 4 atom stereocenters. The van der Waals surface area contributed by atoms with Crippen molar-refractivity contribution in [1.82, 2.24) is 25.0 Å². The SMILES string of the molecule is C=C(/C=C\C=C/C)C(C1=CCC(C)C=C1)(c1ccccc1)n1nc(-c2ccncc2)c2cc(C(=O)N[C@@H]3C[C@H](c4ccccc4)CN(C(=O)OC(C)(C)C)C3)ccc21. The molecule has 2 unspecified atom stereocenters. The lowest BCUT2D eigenvalue weighted by Gasteiger charge is -2.39. The van der Waals surface area contributed by atoms with Crippen LogP contribution >= 0.6 is 0 Å². The number of piperidine rings is 1. The van der Waals surface area contributed by atoms with Gasteiger partial charge in [0, 0.05) is 54.0 Å². The van der Waals surface area contributed by atoms with Gasteiger partial charge in [-0.2, -0.15) is 5.10 Å². The first-order valence-corrected chi connectivity index (χ1v) is 20.2. The number of carbonyl (C=O) groups excluding carboxylic acids is 2. The summed E-state index contributed by atoms with van der Waals surface area (Å²) in [5.41, 5.74) is 5.42. The number of aromatic nitrogens is 3. The minimum Gasteiger partial charge on any atom is -0.444 e. The third-order valence-corrected chi connectivity index (χ3v) is 10.9. The van der Waals surface area contributed by atoms with Crippen molar-refractivity contribution in [3.63, 3.8) is 0 Å². The predicted molar refractivity (Wildman–Crippen MR) is 233 cm³/mol. The predicted octanol–water partition coefficient (Wildman–Crippen LogP) is 10.6. The van der Waals surface area contributed by atoms with Crippen LogP contribution in [0, 0.1) is 5.92 Å². The Labute approximate surface area is 342 Å². The average Bonchev–Trinajstić information content (AvgIpc) is 3.61. The number of rotatable bonds is 10. The summed E-state index contributed by atoms with van der Waals surface area (Å²) in [5, 5.41) is 9.60. The first-order valence-electron chi connectivity index (χ1n) is 20.2. The minimum atomic E-state index is -0.928. The van der Waals surface area contributed by atoms with Crippen LogP contribution in [-0.4, -0.2) is 56.4 Å². The van der Waals surface area contributed by atoms with Crippen LogP contribution < -0.4 is 5.32 Å². The molecule has 1 aliphatic heterocycles. The highest BCUT2D eigenvalue weighted by molar-refractivity contribution is 6.02. The molecule has 1 fully saturated rings. The fourth-order valence-corrected chi connectivity index (χ4v) is 8.15. The molecule has 2 aromatic heterocycles.